The number of ether oxygens (including phenoxy) is 2. The van der Waals surface area contributed by atoms with Gasteiger partial charge in [0.1, 0.15) is 0 Å². The molecule has 0 saturated carbocycles. The molecular weight excluding hydrogens is 320 g/mol. The Morgan fingerprint density at radius 3 is 2.40 bits per heavy atom. The van der Waals surface area contributed by atoms with E-state index in [1.165, 1.54) is 0 Å². The number of rotatable bonds is 7. The van der Waals surface area contributed by atoms with Crippen molar-refractivity contribution in [3.63, 3.8) is 0 Å². The third kappa shape index (κ3) is 6.25. The normalized spacial score (nSPS) is 11.6. The van der Waals surface area contributed by atoms with E-state index in [0.717, 1.165) is 11.3 Å². The summed E-state index contributed by atoms with van der Waals surface area (Å²) in [6.45, 7) is 3.01. The summed E-state index contributed by atoms with van der Waals surface area (Å²) in [5.74, 6) is -0.686. The second-order valence-corrected chi connectivity index (χ2v) is 5.80. The van der Waals surface area contributed by atoms with Gasteiger partial charge in [0.2, 0.25) is 6.79 Å². The summed E-state index contributed by atoms with van der Waals surface area (Å²) in [4.78, 5) is 27.7. The molecule has 0 spiro atoms. The number of carbonyl (C=O) groups excluding carboxylic acids is 2. The number of carbonyl (C=O) groups is 2. The fourth-order valence-electron chi connectivity index (χ4n) is 2.16. The van der Waals surface area contributed by atoms with E-state index < -0.39 is 18.9 Å². The van der Waals surface area contributed by atoms with Crippen molar-refractivity contribution in [3.05, 3.63) is 66.0 Å². The molecule has 1 aromatic carbocycles. The van der Waals surface area contributed by atoms with Gasteiger partial charge in [-0.3, -0.25) is 9.78 Å². The molecule has 0 aliphatic carbocycles. The highest BCUT2D eigenvalue weighted by Gasteiger charge is 2.17. The molecule has 0 bridgehead atoms. The summed E-state index contributed by atoms with van der Waals surface area (Å²) in [6.07, 6.45) is 1.58. The number of nitrogens with zero attached hydrogens (tertiary/aromatic N) is 1. The number of aromatic nitrogens is 1. The first-order chi connectivity index (χ1) is 12.1. The summed E-state index contributed by atoms with van der Waals surface area (Å²) >= 11 is 0. The molecule has 6 heteroatoms. The molecule has 1 heterocycles. The molecule has 1 amide bonds. The smallest absolute Gasteiger partial charge is 0.410 e. The Labute approximate surface area is 147 Å². The van der Waals surface area contributed by atoms with Gasteiger partial charge >= 0.3 is 12.1 Å². The lowest BCUT2D eigenvalue weighted by Crippen LogP contribution is -2.31. The molecule has 6 nitrogen and oxygen atoms in total. The first-order valence-corrected chi connectivity index (χ1v) is 8.11. The summed E-state index contributed by atoms with van der Waals surface area (Å²) in [5.41, 5.74) is 1.78. The minimum Gasteiger partial charge on any atom is -0.428 e. The van der Waals surface area contributed by atoms with E-state index >= 15 is 0 Å². The van der Waals surface area contributed by atoms with Crippen molar-refractivity contribution in [3.8, 4) is 0 Å². The molecule has 0 saturated heterocycles. The molecule has 2 rings (SSSR count). The summed E-state index contributed by atoms with van der Waals surface area (Å²) in [6, 6.07) is 14.9. The number of amides is 1. The average molecular weight is 342 g/mol. The first-order valence-electron chi connectivity index (χ1n) is 8.11. The molecule has 0 radical (unpaired) electrons. The molecule has 0 fully saturated rings. The van der Waals surface area contributed by atoms with Crippen molar-refractivity contribution >= 4 is 12.1 Å². The van der Waals surface area contributed by atoms with Crippen molar-refractivity contribution in [1.82, 2.24) is 10.3 Å². The van der Waals surface area contributed by atoms with Crippen LogP contribution in [0.2, 0.25) is 0 Å². The predicted octanol–water partition coefficient (Wildman–Crippen LogP) is 3.25. The van der Waals surface area contributed by atoms with Gasteiger partial charge in [0.15, 0.2) is 0 Å². The van der Waals surface area contributed by atoms with E-state index in [1.807, 2.05) is 48.5 Å². The molecule has 0 aliphatic rings. The summed E-state index contributed by atoms with van der Waals surface area (Å²) < 4.78 is 9.78. The van der Waals surface area contributed by atoms with E-state index in [4.69, 9.17) is 9.47 Å². The summed E-state index contributed by atoms with van der Waals surface area (Å²) in [7, 11) is 0. The third-order valence-electron chi connectivity index (χ3n) is 3.50. The van der Waals surface area contributed by atoms with Gasteiger partial charge in [-0.05, 0) is 17.7 Å². The van der Waals surface area contributed by atoms with E-state index in [2.05, 4.69) is 10.3 Å². The highest BCUT2D eigenvalue weighted by Crippen LogP contribution is 2.17. The SMILES string of the molecule is CC(C)C(=O)OCOC(=O)N[C@@H](Cc1ccccn1)c1ccccc1. The number of alkyl carbamates (subject to hydrolysis) is 1. The molecule has 25 heavy (non-hydrogen) atoms. The second kappa shape index (κ2) is 9.42. The zero-order valence-corrected chi connectivity index (χ0v) is 14.3. The van der Waals surface area contributed by atoms with Crippen molar-refractivity contribution in [2.75, 3.05) is 6.79 Å². The van der Waals surface area contributed by atoms with E-state index in [-0.39, 0.29) is 12.0 Å². The van der Waals surface area contributed by atoms with Gasteiger partial charge in [0, 0.05) is 18.3 Å². The topological polar surface area (TPSA) is 77.5 Å². The molecule has 132 valence electrons. The molecule has 1 atom stereocenters. The Morgan fingerprint density at radius 2 is 1.76 bits per heavy atom. The van der Waals surface area contributed by atoms with Gasteiger partial charge in [0.05, 0.1) is 12.0 Å². The van der Waals surface area contributed by atoms with Crippen LogP contribution in [0, 0.1) is 5.92 Å². The van der Waals surface area contributed by atoms with Crippen LogP contribution in [-0.2, 0) is 20.7 Å². The Bertz CT molecular complexity index is 674. The van der Waals surface area contributed by atoms with Gasteiger partial charge in [-0.2, -0.15) is 0 Å². The number of esters is 1. The van der Waals surface area contributed by atoms with Crippen molar-refractivity contribution in [2.24, 2.45) is 5.92 Å². The molecule has 0 aliphatic heterocycles. The van der Waals surface area contributed by atoms with E-state index in [9.17, 15) is 9.59 Å². The maximum atomic E-state index is 12.0. The number of hydrogen-bond acceptors (Lipinski definition) is 5. The lowest BCUT2D eigenvalue weighted by Gasteiger charge is -2.19. The molecule has 2 aromatic rings. The maximum Gasteiger partial charge on any atom is 0.410 e. The molecule has 1 N–H and O–H groups in total. The zero-order valence-electron chi connectivity index (χ0n) is 14.3. The van der Waals surface area contributed by atoms with Gasteiger partial charge in [-0.1, -0.05) is 50.2 Å². The van der Waals surface area contributed by atoms with E-state index in [0.29, 0.717) is 6.42 Å². The standard InChI is InChI=1S/C19H22N2O4/c1-14(2)18(22)24-13-25-19(23)21-17(15-8-4-3-5-9-15)12-16-10-6-7-11-20-16/h3-11,14,17H,12-13H2,1-2H3,(H,21,23)/t17-/m0/s1. The zero-order chi connectivity index (χ0) is 18.1. The van der Waals surface area contributed by atoms with Crippen LogP contribution in [0.1, 0.15) is 31.1 Å². The maximum absolute atomic E-state index is 12.0. The van der Waals surface area contributed by atoms with Gasteiger partial charge in [-0.25, -0.2) is 4.79 Å². The number of nitrogens with one attached hydrogen (secondary N) is 1. The van der Waals surface area contributed by atoms with Gasteiger partial charge < -0.3 is 14.8 Å². The third-order valence-corrected chi connectivity index (χ3v) is 3.50. The molecular formula is C19H22N2O4. The lowest BCUT2D eigenvalue weighted by molar-refractivity contribution is -0.155. The minimum absolute atomic E-state index is 0.270. The largest absolute Gasteiger partial charge is 0.428 e. The molecule has 0 unspecified atom stereocenters. The quantitative estimate of drug-likeness (QED) is 0.617. The number of benzene rings is 1. The Morgan fingerprint density at radius 1 is 1.04 bits per heavy atom. The van der Waals surface area contributed by atoms with Crippen LogP contribution in [0.5, 0.6) is 0 Å². The van der Waals surface area contributed by atoms with Crippen LogP contribution in [0.3, 0.4) is 0 Å². The Hall–Kier alpha value is -2.89. The second-order valence-electron chi connectivity index (χ2n) is 5.80. The van der Waals surface area contributed by atoms with Crippen molar-refractivity contribution < 1.29 is 19.1 Å². The fourth-order valence-corrected chi connectivity index (χ4v) is 2.16. The van der Waals surface area contributed by atoms with Crippen LogP contribution >= 0.6 is 0 Å². The monoisotopic (exact) mass is 342 g/mol. The Balaban J connectivity index is 1.96. The van der Waals surface area contributed by atoms with Crippen LogP contribution in [0.15, 0.2) is 54.7 Å². The van der Waals surface area contributed by atoms with Crippen molar-refractivity contribution in [2.45, 2.75) is 26.3 Å². The van der Waals surface area contributed by atoms with Crippen LogP contribution < -0.4 is 5.32 Å². The van der Waals surface area contributed by atoms with Crippen LogP contribution in [0.25, 0.3) is 0 Å². The number of hydrogen-bond donors (Lipinski definition) is 1. The average Bonchev–Trinajstić information content (AvgIpc) is 2.62. The van der Waals surface area contributed by atoms with Gasteiger partial charge in [-0.15, -0.1) is 0 Å². The van der Waals surface area contributed by atoms with E-state index in [1.54, 1.807) is 20.0 Å². The minimum atomic E-state index is -0.652. The highest BCUT2D eigenvalue weighted by atomic mass is 16.7. The van der Waals surface area contributed by atoms with Crippen molar-refractivity contribution in [1.29, 1.82) is 0 Å². The predicted molar refractivity (Wildman–Crippen MR) is 92.5 cm³/mol. The van der Waals surface area contributed by atoms with Crippen LogP contribution in [-0.4, -0.2) is 23.8 Å². The van der Waals surface area contributed by atoms with Gasteiger partial charge in [0.25, 0.3) is 0 Å². The Kier molecular flexibility index (Phi) is 6.95. The fraction of sp³-hybridized carbons (Fsp3) is 0.316. The van der Waals surface area contributed by atoms with Crippen LogP contribution in [0.4, 0.5) is 4.79 Å². The molecule has 1 aromatic heterocycles. The summed E-state index contributed by atoms with van der Waals surface area (Å²) in [5, 5.41) is 2.79. The highest BCUT2D eigenvalue weighted by molar-refractivity contribution is 5.72. The number of pyridine rings is 1. The first kappa shape index (κ1) is 18.4. The lowest BCUT2D eigenvalue weighted by atomic mass is 10.0.